The third-order valence-electron chi connectivity index (χ3n) is 2.61. The van der Waals surface area contributed by atoms with Gasteiger partial charge in [-0.05, 0) is 25.1 Å². The Kier molecular flexibility index (Phi) is 4.07. The number of rotatable bonds is 5. The molecule has 5 heteroatoms. The Balaban J connectivity index is 1.93. The number of pyridine rings is 1. The topological polar surface area (TPSA) is 62.2 Å². The lowest BCUT2D eigenvalue weighted by atomic mass is 10.2. The van der Waals surface area contributed by atoms with E-state index in [1.54, 1.807) is 17.6 Å². The average Bonchev–Trinajstić information content (AvgIpc) is 2.86. The van der Waals surface area contributed by atoms with E-state index in [1.807, 2.05) is 25.1 Å². The first-order chi connectivity index (χ1) is 8.66. The van der Waals surface area contributed by atoms with E-state index in [9.17, 15) is 4.79 Å². The summed E-state index contributed by atoms with van der Waals surface area (Å²) in [5, 5.41) is 13.8. The molecule has 0 amide bonds. The Morgan fingerprint density at radius 1 is 1.56 bits per heavy atom. The van der Waals surface area contributed by atoms with Gasteiger partial charge in [0.25, 0.3) is 0 Å². The molecule has 1 atom stereocenters. The molecule has 2 heterocycles. The number of aromatic nitrogens is 1. The molecule has 0 saturated carbocycles. The quantitative estimate of drug-likeness (QED) is 0.869. The van der Waals surface area contributed by atoms with Crippen LogP contribution in [0.15, 0.2) is 35.8 Å². The molecule has 2 aromatic heterocycles. The maximum atomic E-state index is 10.8. The number of carboxylic acids is 1. The molecule has 0 aromatic carbocycles. The minimum absolute atomic E-state index is 0.140. The van der Waals surface area contributed by atoms with Gasteiger partial charge in [0.1, 0.15) is 0 Å². The molecule has 0 spiro atoms. The second-order valence-corrected chi connectivity index (χ2v) is 4.96. The maximum absolute atomic E-state index is 10.8. The minimum atomic E-state index is -0.879. The van der Waals surface area contributed by atoms with Crippen LogP contribution in [0.25, 0.3) is 0 Å². The Morgan fingerprint density at radius 3 is 3.00 bits per heavy atom. The van der Waals surface area contributed by atoms with Crippen molar-refractivity contribution >= 4 is 17.3 Å². The van der Waals surface area contributed by atoms with Crippen LogP contribution in [0.1, 0.15) is 33.9 Å². The van der Waals surface area contributed by atoms with Crippen molar-refractivity contribution in [3.63, 3.8) is 0 Å². The van der Waals surface area contributed by atoms with Gasteiger partial charge in [-0.3, -0.25) is 4.98 Å². The number of carbonyl (C=O) groups is 1. The first kappa shape index (κ1) is 12.7. The molecule has 4 nitrogen and oxygen atoms in total. The van der Waals surface area contributed by atoms with E-state index in [2.05, 4.69) is 10.3 Å². The van der Waals surface area contributed by atoms with Crippen LogP contribution in [0.5, 0.6) is 0 Å². The standard InChI is InChI=1S/C13H14N2O2S/c1-9(12-4-2-3-5-14-12)15-7-11-6-10(8-18-11)13(16)17/h2-6,8-9,15H,7H2,1H3,(H,16,17)/t9-/m1/s1. The van der Waals surface area contributed by atoms with Crippen LogP contribution in [-0.2, 0) is 6.54 Å². The highest BCUT2D eigenvalue weighted by molar-refractivity contribution is 7.10. The summed E-state index contributed by atoms with van der Waals surface area (Å²) in [6.07, 6.45) is 1.77. The second kappa shape index (κ2) is 5.75. The number of aromatic carboxylic acids is 1. The summed E-state index contributed by atoms with van der Waals surface area (Å²) >= 11 is 1.45. The smallest absolute Gasteiger partial charge is 0.336 e. The third-order valence-corrected chi connectivity index (χ3v) is 3.55. The zero-order chi connectivity index (χ0) is 13.0. The monoisotopic (exact) mass is 262 g/mol. The minimum Gasteiger partial charge on any atom is -0.478 e. The molecule has 0 unspecified atom stereocenters. The Hall–Kier alpha value is -1.72. The first-order valence-electron chi connectivity index (χ1n) is 5.62. The average molecular weight is 262 g/mol. The second-order valence-electron chi connectivity index (χ2n) is 3.96. The van der Waals surface area contributed by atoms with Crippen LogP contribution in [-0.4, -0.2) is 16.1 Å². The number of hydrogen-bond donors (Lipinski definition) is 2. The van der Waals surface area contributed by atoms with Gasteiger partial charge < -0.3 is 10.4 Å². The lowest BCUT2D eigenvalue weighted by Gasteiger charge is -2.11. The molecular formula is C13H14N2O2S. The van der Waals surface area contributed by atoms with Gasteiger partial charge in [-0.25, -0.2) is 4.79 Å². The largest absolute Gasteiger partial charge is 0.478 e. The maximum Gasteiger partial charge on any atom is 0.336 e. The fourth-order valence-electron chi connectivity index (χ4n) is 1.58. The van der Waals surface area contributed by atoms with Crippen molar-refractivity contribution in [2.75, 3.05) is 0 Å². The zero-order valence-corrected chi connectivity index (χ0v) is 10.8. The van der Waals surface area contributed by atoms with Crippen molar-refractivity contribution in [3.8, 4) is 0 Å². The van der Waals surface area contributed by atoms with Crippen LogP contribution in [0.2, 0.25) is 0 Å². The van der Waals surface area contributed by atoms with Gasteiger partial charge in [-0.15, -0.1) is 11.3 Å². The molecular weight excluding hydrogens is 248 g/mol. The van der Waals surface area contributed by atoms with Gasteiger partial charge in [0.15, 0.2) is 0 Å². The van der Waals surface area contributed by atoms with Crippen molar-refractivity contribution in [3.05, 3.63) is 52.0 Å². The fourth-order valence-corrected chi connectivity index (χ4v) is 2.38. The summed E-state index contributed by atoms with van der Waals surface area (Å²) in [6, 6.07) is 7.64. The van der Waals surface area contributed by atoms with Crippen LogP contribution in [0.4, 0.5) is 0 Å². The summed E-state index contributed by atoms with van der Waals surface area (Å²) in [5.74, 6) is -0.879. The van der Waals surface area contributed by atoms with Crippen LogP contribution < -0.4 is 5.32 Å². The van der Waals surface area contributed by atoms with Crippen molar-refractivity contribution in [2.24, 2.45) is 0 Å². The molecule has 2 rings (SSSR count). The normalized spacial score (nSPS) is 12.3. The van der Waals surface area contributed by atoms with Crippen molar-refractivity contribution in [1.82, 2.24) is 10.3 Å². The lowest BCUT2D eigenvalue weighted by molar-refractivity contribution is 0.0697. The highest BCUT2D eigenvalue weighted by Crippen LogP contribution is 2.16. The predicted octanol–water partition coefficient (Wildman–Crippen LogP) is 2.69. The molecule has 18 heavy (non-hydrogen) atoms. The molecule has 0 saturated heterocycles. The van der Waals surface area contributed by atoms with E-state index in [-0.39, 0.29) is 6.04 Å². The van der Waals surface area contributed by atoms with Gasteiger partial charge >= 0.3 is 5.97 Å². The summed E-state index contributed by atoms with van der Waals surface area (Å²) in [4.78, 5) is 16.0. The Bertz CT molecular complexity index is 525. The Morgan fingerprint density at radius 2 is 2.39 bits per heavy atom. The van der Waals surface area contributed by atoms with Crippen LogP contribution in [0, 0.1) is 0 Å². The molecule has 0 aliphatic rings. The molecule has 0 radical (unpaired) electrons. The molecule has 0 fully saturated rings. The molecule has 2 N–H and O–H groups in total. The summed E-state index contributed by atoms with van der Waals surface area (Å²) < 4.78 is 0. The number of hydrogen-bond acceptors (Lipinski definition) is 4. The molecule has 0 aliphatic carbocycles. The number of nitrogens with zero attached hydrogens (tertiary/aromatic N) is 1. The van der Waals surface area contributed by atoms with Crippen molar-refractivity contribution < 1.29 is 9.90 Å². The highest BCUT2D eigenvalue weighted by atomic mass is 32.1. The fraction of sp³-hybridized carbons (Fsp3) is 0.231. The van der Waals surface area contributed by atoms with E-state index in [1.165, 1.54) is 11.3 Å². The first-order valence-corrected chi connectivity index (χ1v) is 6.50. The van der Waals surface area contributed by atoms with Crippen LogP contribution >= 0.6 is 11.3 Å². The highest BCUT2D eigenvalue weighted by Gasteiger charge is 2.09. The molecule has 2 aromatic rings. The van der Waals surface area contributed by atoms with E-state index in [4.69, 9.17) is 5.11 Å². The summed E-state index contributed by atoms with van der Waals surface area (Å²) in [5.41, 5.74) is 1.33. The van der Waals surface area contributed by atoms with Gasteiger partial charge in [0.2, 0.25) is 0 Å². The lowest BCUT2D eigenvalue weighted by Crippen LogP contribution is -2.18. The molecule has 0 aliphatic heterocycles. The van der Waals surface area contributed by atoms with Crippen LogP contribution in [0.3, 0.4) is 0 Å². The summed E-state index contributed by atoms with van der Waals surface area (Å²) in [6.45, 7) is 2.68. The Labute approximate surface area is 109 Å². The zero-order valence-electron chi connectivity index (χ0n) is 9.96. The number of nitrogens with one attached hydrogen (secondary N) is 1. The van der Waals surface area contributed by atoms with Gasteiger partial charge in [0, 0.05) is 29.0 Å². The van der Waals surface area contributed by atoms with E-state index in [0.717, 1.165) is 10.6 Å². The summed E-state index contributed by atoms with van der Waals surface area (Å²) in [7, 11) is 0. The SMILES string of the molecule is C[C@@H](NCc1cc(C(=O)O)cs1)c1ccccn1. The molecule has 0 bridgehead atoms. The third kappa shape index (κ3) is 3.15. The van der Waals surface area contributed by atoms with Gasteiger partial charge in [-0.1, -0.05) is 6.07 Å². The predicted molar refractivity (Wildman–Crippen MR) is 70.8 cm³/mol. The van der Waals surface area contributed by atoms with E-state index in [0.29, 0.717) is 12.1 Å². The van der Waals surface area contributed by atoms with E-state index < -0.39 is 5.97 Å². The van der Waals surface area contributed by atoms with Crippen molar-refractivity contribution in [2.45, 2.75) is 19.5 Å². The molecule has 94 valence electrons. The number of carboxylic acid groups (broad SMARTS) is 1. The number of thiophene rings is 1. The van der Waals surface area contributed by atoms with Gasteiger partial charge in [0.05, 0.1) is 11.3 Å². The van der Waals surface area contributed by atoms with Gasteiger partial charge in [-0.2, -0.15) is 0 Å². The van der Waals surface area contributed by atoms with E-state index >= 15 is 0 Å². The van der Waals surface area contributed by atoms with Crippen molar-refractivity contribution in [1.29, 1.82) is 0 Å².